The molecule has 0 fully saturated rings. The molecule has 0 saturated heterocycles. The van der Waals surface area contributed by atoms with Gasteiger partial charge in [0.2, 0.25) is 12.3 Å². The predicted octanol–water partition coefficient (Wildman–Crippen LogP) is 3.31. The summed E-state index contributed by atoms with van der Waals surface area (Å²) in [4.78, 5) is 0. The van der Waals surface area contributed by atoms with Crippen LogP contribution < -0.4 is 0 Å². The summed E-state index contributed by atoms with van der Waals surface area (Å²) in [7, 11) is 0. The second-order valence-electron chi connectivity index (χ2n) is 2.81. The van der Waals surface area contributed by atoms with E-state index in [9.17, 15) is 30.7 Å². The minimum Gasteiger partial charge on any atom is -0.244 e. The summed E-state index contributed by atoms with van der Waals surface area (Å²) in [6, 6.07) is 0. The lowest BCUT2D eigenvalue weighted by Crippen LogP contribution is -2.47. The van der Waals surface area contributed by atoms with Crippen LogP contribution >= 0.6 is 0 Å². The molecular formula is C7H9F7. The highest BCUT2D eigenvalue weighted by atomic mass is 19.3. The lowest BCUT2D eigenvalue weighted by molar-refractivity contribution is -0.171. The molecule has 0 spiro atoms. The first kappa shape index (κ1) is 13.5. The quantitative estimate of drug-likeness (QED) is 0.631. The second-order valence-corrected chi connectivity index (χ2v) is 2.81. The Morgan fingerprint density at radius 3 is 1.57 bits per heavy atom. The van der Waals surface area contributed by atoms with E-state index < -0.39 is 37.3 Å². The van der Waals surface area contributed by atoms with Gasteiger partial charge in [0.15, 0.2) is 6.67 Å². The van der Waals surface area contributed by atoms with Crippen LogP contribution in [0.2, 0.25) is 0 Å². The number of halogens is 7. The summed E-state index contributed by atoms with van der Waals surface area (Å²) in [6.07, 6.45) is -8.66. The standard InChI is InChI=1S/C7H9F7/c1-2-6(11,12)4(9)5(10)7(13,14)3-8/h4-5H,2-3H2,1H3/t4?,5-/m0/s1. The van der Waals surface area contributed by atoms with Crippen molar-refractivity contribution in [1.29, 1.82) is 0 Å². The lowest BCUT2D eigenvalue weighted by Gasteiger charge is -2.25. The fraction of sp³-hybridized carbons (Fsp3) is 1.00. The molecule has 1 unspecified atom stereocenters. The van der Waals surface area contributed by atoms with Crippen LogP contribution in [0.3, 0.4) is 0 Å². The van der Waals surface area contributed by atoms with E-state index in [0.29, 0.717) is 0 Å². The van der Waals surface area contributed by atoms with Gasteiger partial charge in [0.1, 0.15) is 0 Å². The van der Waals surface area contributed by atoms with Crippen molar-refractivity contribution in [1.82, 2.24) is 0 Å². The summed E-state index contributed by atoms with van der Waals surface area (Å²) in [5, 5.41) is 0. The van der Waals surface area contributed by atoms with Gasteiger partial charge in [-0.1, -0.05) is 6.92 Å². The van der Waals surface area contributed by atoms with Gasteiger partial charge in [-0.3, -0.25) is 0 Å². The highest BCUT2D eigenvalue weighted by Crippen LogP contribution is 2.35. The van der Waals surface area contributed by atoms with Crippen molar-refractivity contribution < 1.29 is 30.7 Å². The molecule has 0 nitrogen and oxygen atoms in total. The summed E-state index contributed by atoms with van der Waals surface area (Å²) < 4.78 is 85.4. The minimum absolute atomic E-state index is 0.812. The molecule has 0 rings (SSSR count). The van der Waals surface area contributed by atoms with Gasteiger partial charge in [-0.2, -0.15) is 0 Å². The molecule has 0 aliphatic heterocycles. The third kappa shape index (κ3) is 2.75. The molecular weight excluding hydrogens is 217 g/mol. The van der Waals surface area contributed by atoms with Crippen LogP contribution in [-0.4, -0.2) is 30.9 Å². The Kier molecular flexibility index (Phi) is 4.20. The van der Waals surface area contributed by atoms with Crippen LogP contribution in [0.4, 0.5) is 30.7 Å². The van der Waals surface area contributed by atoms with Crippen molar-refractivity contribution in [3.63, 3.8) is 0 Å². The molecule has 0 aromatic rings. The molecule has 86 valence electrons. The van der Waals surface area contributed by atoms with Crippen LogP contribution in [0.5, 0.6) is 0 Å². The molecule has 0 aromatic heterocycles. The van der Waals surface area contributed by atoms with Gasteiger partial charge in [-0.05, 0) is 0 Å². The maximum absolute atomic E-state index is 12.5. The second kappa shape index (κ2) is 4.35. The Morgan fingerprint density at radius 2 is 1.29 bits per heavy atom. The van der Waals surface area contributed by atoms with Gasteiger partial charge in [0.05, 0.1) is 0 Å². The molecule has 0 radical (unpaired) electrons. The Labute approximate surface area is 76.1 Å². The Bertz CT molecular complexity index is 159. The smallest absolute Gasteiger partial charge is 0.244 e. The Morgan fingerprint density at radius 1 is 0.929 bits per heavy atom. The van der Waals surface area contributed by atoms with E-state index in [1.54, 1.807) is 0 Å². The van der Waals surface area contributed by atoms with E-state index >= 15 is 0 Å². The Balaban J connectivity index is 4.62. The van der Waals surface area contributed by atoms with Crippen molar-refractivity contribution >= 4 is 0 Å². The molecule has 0 amide bonds. The van der Waals surface area contributed by atoms with Crippen molar-refractivity contribution in [3.05, 3.63) is 0 Å². The SMILES string of the molecule is CCC(F)(F)C(F)[C@H](F)C(F)(F)CF. The molecule has 2 atom stereocenters. The first-order valence-electron chi connectivity index (χ1n) is 3.78. The zero-order valence-corrected chi connectivity index (χ0v) is 7.21. The Hall–Kier alpha value is -0.490. The average Bonchev–Trinajstić information content (AvgIpc) is 2.15. The number of hydrogen-bond acceptors (Lipinski definition) is 0. The van der Waals surface area contributed by atoms with Crippen molar-refractivity contribution in [2.45, 2.75) is 37.5 Å². The van der Waals surface area contributed by atoms with Crippen LogP contribution in [0.15, 0.2) is 0 Å². The molecule has 0 aliphatic carbocycles. The van der Waals surface area contributed by atoms with E-state index in [0.717, 1.165) is 6.92 Å². The van der Waals surface area contributed by atoms with Gasteiger partial charge >= 0.3 is 5.92 Å². The molecule has 14 heavy (non-hydrogen) atoms. The maximum atomic E-state index is 12.5. The molecule has 0 heterocycles. The topological polar surface area (TPSA) is 0 Å². The fourth-order valence-electron chi connectivity index (χ4n) is 0.697. The first-order valence-corrected chi connectivity index (χ1v) is 3.78. The van der Waals surface area contributed by atoms with Gasteiger partial charge in [-0.25, -0.2) is 30.7 Å². The minimum atomic E-state index is -4.71. The van der Waals surface area contributed by atoms with Crippen molar-refractivity contribution in [2.75, 3.05) is 6.67 Å². The third-order valence-electron chi connectivity index (χ3n) is 1.71. The number of alkyl halides is 7. The number of hydrogen-bond donors (Lipinski definition) is 0. The van der Waals surface area contributed by atoms with Gasteiger partial charge < -0.3 is 0 Å². The van der Waals surface area contributed by atoms with E-state index in [4.69, 9.17) is 0 Å². The zero-order valence-electron chi connectivity index (χ0n) is 7.21. The first-order chi connectivity index (χ1) is 6.19. The largest absolute Gasteiger partial charge is 0.309 e. The van der Waals surface area contributed by atoms with Crippen molar-refractivity contribution in [3.8, 4) is 0 Å². The summed E-state index contributed by atoms with van der Waals surface area (Å²) in [6.45, 7) is -1.69. The maximum Gasteiger partial charge on any atom is 0.309 e. The zero-order chi connectivity index (χ0) is 11.6. The molecule has 0 N–H and O–H groups in total. The van der Waals surface area contributed by atoms with Crippen LogP contribution in [0.25, 0.3) is 0 Å². The summed E-state index contributed by atoms with van der Waals surface area (Å²) in [5.74, 6) is -8.92. The molecule has 0 saturated carbocycles. The van der Waals surface area contributed by atoms with E-state index in [2.05, 4.69) is 0 Å². The summed E-state index contributed by atoms with van der Waals surface area (Å²) >= 11 is 0. The molecule has 0 bridgehead atoms. The number of rotatable bonds is 5. The van der Waals surface area contributed by atoms with Crippen LogP contribution in [-0.2, 0) is 0 Å². The van der Waals surface area contributed by atoms with Crippen LogP contribution in [0.1, 0.15) is 13.3 Å². The van der Waals surface area contributed by atoms with E-state index in [1.807, 2.05) is 0 Å². The average molecular weight is 226 g/mol. The van der Waals surface area contributed by atoms with Gasteiger partial charge in [-0.15, -0.1) is 0 Å². The van der Waals surface area contributed by atoms with E-state index in [1.165, 1.54) is 0 Å². The lowest BCUT2D eigenvalue weighted by atomic mass is 10.0. The van der Waals surface area contributed by atoms with Crippen LogP contribution in [0, 0.1) is 0 Å². The van der Waals surface area contributed by atoms with Gasteiger partial charge in [0, 0.05) is 6.42 Å². The normalized spacial score (nSPS) is 18.0. The monoisotopic (exact) mass is 226 g/mol. The third-order valence-corrected chi connectivity index (χ3v) is 1.71. The van der Waals surface area contributed by atoms with Crippen molar-refractivity contribution in [2.24, 2.45) is 0 Å². The highest BCUT2D eigenvalue weighted by molar-refractivity contribution is 4.90. The molecule has 7 heteroatoms. The fourth-order valence-corrected chi connectivity index (χ4v) is 0.697. The molecule has 0 aliphatic rings. The molecule has 0 aromatic carbocycles. The summed E-state index contributed by atoms with van der Waals surface area (Å²) in [5.41, 5.74) is 0. The highest BCUT2D eigenvalue weighted by Gasteiger charge is 2.54. The van der Waals surface area contributed by atoms with E-state index in [-0.39, 0.29) is 0 Å². The predicted molar refractivity (Wildman–Crippen MR) is 36.0 cm³/mol. The van der Waals surface area contributed by atoms with Gasteiger partial charge in [0.25, 0.3) is 5.92 Å².